The molecule has 0 saturated heterocycles. The summed E-state index contributed by atoms with van der Waals surface area (Å²) >= 11 is 0. The molecular weight excluding hydrogens is 260 g/mol. The van der Waals surface area contributed by atoms with E-state index in [9.17, 15) is 14.7 Å². The molecule has 20 heavy (non-hydrogen) atoms. The fourth-order valence-corrected chi connectivity index (χ4v) is 3.03. The lowest BCUT2D eigenvalue weighted by Gasteiger charge is -2.36. The van der Waals surface area contributed by atoms with Gasteiger partial charge in [-0.2, -0.15) is 0 Å². The average Bonchev–Trinajstić information content (AvgIpc) is 2.38. The Kier molecular flexibility index (Phi) is 6.79. The molecule has 1 aliphatic carbocycles. The minimum absolute atomic E-state index is 0.0958. The molecular formula is C15H25O5. The second-order valence-electron chi connectivity index (χ2n) is 5.90. The minimum atomic E-state index is -1.18. The summed E-state index contributed by atoms with van der Waals surface area (Å²) in [7, 11) is 0. The van der Waals surface area contributed by atoms with Gasteiger partial charge >= 0.3 is 0 Å². The van der Waals surface area contributed by atoms with Crippen LogP contribution < -0.4 is 0 Å². The molecule has 0 spiro atoms. The van der Waals surface area contributed by atoms with Crippen molar-refractivity contribution >= 4 is 11.6 Å². The van der Waals surface area contributed by atoms with Crippen molar-refractivity contribution in [1.82, 2.24) is 0 Å². The van der Waals surface area contributed by atoms with Crippen molar-refractivity contribution in [3.63, 3.8) is 0 Å². The van der Waals surface area contributed by atoms with Gasteiger partial charge < -0.3 is 19.7 Å². The van der Waals surface area contributed by atoms with Crippen molar-refractivity contribution < 1.29 is 24.5 Å². The topological polar surface area (TPSA) is 83.8 Å². The maximum absolute atomic E-state index is 12.5. The van der Waals surface area contributed by atoms with Crippen molar-refractivity contribution in [2.24, 2.45) is 23.7 Å². The van der Waals surface area contributed by atoms with Crippen LogP contribution in [0, 0.1) is 30.5 Å². The second-order valence-corrected chi connectivity index (χ2v) is 5.90. The lowest BCUT2D eigenvalue weighted by molar-refractivity contribution is -0.162. The van der Waals surface area contributed by atoms with Gasteiger partial charge in [-0.15, -0.1) is 0 Å². The number of ether oxygens (including phenoxy) is 1. The lowest BCUT2D eigenvalue weighted by atomic mass is 9.68. The monoisotopic (exact) mass is 285 g/mol. The number of carbonyl (C=O) groups excluding carboxylic acids is 2. The zero-order valence-electron chi connectivity index (χ0n) is 12.4. The normalized spacial score (nSPS) is 30.1. The third-order valence-electron chi connectivity index (χ3n) is 4.44. The highest BCUT2D eigenvalue weighted by Crippen LogP contribution is 2.38. The van der Waals surface area contributed by atoms with Crippen LogP contribution in [0.4, 0.5) is 0 Å². The number of Topliss-reactive ketones (excluding diaryl/α,β-unsaturated/α-hetero) is 2. The summed E-state index contributed by atoms with van der Waals surface area (Å²) in [5.74, 6) is -0.300. The highest BCUT2D eigenvalue weighted by molar-refractivity contribution is 5.85. The summed E-state index contributed by atoms with van der Waals surface area (Å²) in [6.07, 6.45) is 1.44. The summed E-state index contributed by atoms with van der Waals surface area (Å²) in [5, 5.41) is 18.3. The first-order chi connectivity index (χ1) is 9.38. The van der Waals surface area contributed by atoms with E-state index in [2.05, 4.69) is 4.74 Å². The smallest absolute Gasteiger partial charge is 0.209 e. The van der Waals surface area contributed by atoms with Crippen LogP contribution in [0.3, 0.4) is 0 Å². The van der Waals surface area contributed by atoms with Crippen LogP contribution in [0.5, 0.6) is 0 Å². The maximum atomic E-state index is 12.5. The minimum Gasteiger partial charge on any atom is -0.368 e. The predicted molar refractivity (Wildman–Crippen MR) is 72.8 cm³/mol. The summed E-state index contributed by atoms with van der Waals surface area (Å²) < 4.78 is 4.65. The molecule has 5 atom stereocenters. The summed E-state index contributed by atoms with van der Waals surface area (Å²) in [4.78, 5) is 23.7. The van der Waals surface area contributed by atoms with Gasteiger partial charge in [0.15, 0.2) is 6.29 Å². The van der Waals surface area contributed by atoms with Crippen molar-refractivity contribution in [1.29, 1.82) is 0 Å². The molecule has 115 valence electrons. The molecule has 0 aliphatic heterocycles. The van der Waals surface area contributed by atoms with E-state index in [4.69, 9.17) is 5.11 Å². The van der Waals surface area contributed by atoms with E-state index < -0.39 is 6.29 Å². The van der Waals surface area contributed by atoms with Gasteiger partial charge in [-0.3, -0.25) is 4.79 Å². The number of aliphatic hydroxyl groups excluding tert-OH is 2. The Morgan fingerprint density at radius 2 is 2.15 bits per heavy atom. The SMILES string of the molecule is CC(=O)CCC1C(=O)[C@H]([C@@H](C)C(O)O[CH]O)CC[C@H]1C. The molecule has 5 heteroatoms. The van der Waals surface area contributed by atoms with Gasteiger partial charge in [0.25, 0.3) is 0 Å². The molecule has 0 aromatic heterocycles. The average molecular weight is 285 g/mol. The van der Waals surface area contributed by atoms with E-state index in [1.165, 1.54) is 6.92 Å². The Balaban J connectivity index is 2.70. The van der Waals surface area contributed by atoms with Gasteiger partial charge in [-0.05, 0) is 32.1 Å². The van der Waals surface area contributed by atoms with Crippen LogP contribution in [0.1, 0.15) is 46.5 Å². The molecule has 1 rings (SSSR count). The molecule has 0 bridgehead atoms. The first kappa shape index (κ1) is 17.3. The summed E-state index contributed by atoms with van der Waals surface area (Å²) in [6, 6.07) is 0. The van der Waals surface area contributed by atoms with E-state index in [0.29, 0.717) is 26.1 Å². The largest absolute Gasteiger partial charge is 0.368 e. The molecule has 1 saturated carbocycles. The molecule has 1 radical (unpaired) electrons. The van der Waals surface area contributed by atoms with Crippen molar-refractivity contribution in [3.05, 3.63) is 6.79 Å². The van der Waals surface area contributed by atoms with E-state index in [-0.39, 0.29) is 35.2 Å². The Hall–Kier alpha value is -0.780. The van der Waals surface area contributed by atoms with Crippen molar-refractivity contribution in [2.75, 3.05) is 0 Å². The van der Waals surface area contributed by atoms with E-state index in [1.54, 1.807) is 6.92 Å². The highest BCUT2D eigenvalue weighted by Gasteiger charge is 2.40. The second kappa shape index (κ2) is 7.86. The number of hydrogen-bond donors (Lipinski definition) is 2. The Morgan fingerprint density at radius 1 is 1.50 bits per heavy atom. The number of hydrogen-bond acceptors (Lipinski definition) is 5. The third kappa shape index (κ3) is 4.36. The zero-order valence-corrected chi connectivity index (χ0v) is 12.4. The fourth-order valence-electron chi connectivity index (χ4n) is 3.03. The number of ketones is 2. The van der Waals surface area contributed by atoms with Gasteiger partial charge in [0.1, 0.15) is 11.6 Å². The third-order valence-corrected chi connectivity index (χ3v) is 4.44. The molecule has 0 heterocycles. The van der Waals surface area contributed by atoms with Gasteiger partial charge in [0, 0.05) is 24.2 Å². The number of carbonyl (C=O) groups is 2. The standard InChI is InChI=1S/C15H25O5/c1-9-4-6-13(11(3)15(19)20-8-16)14(18)12(9)7-5-10(2)17/h8-9,11-13,15-16,19H,4-7H2,1-3H3/t9-,11-,12?,13+,15?/m1/s1. The summed E-state index contributed by atoms with van der Waals surface area (Å²) in [6.45, 7) is 5.77. The molecule has 0 aromatic carbocycles. The Labute approximate surface area is 120 Å². The maximum Gasteiger partial charge on any atom is 0.209 e. The van der Waals surface area contributed by atoms with Gasteiger partial charge in [0.05, 0.1) is 0 Å². The van der Waals surface area contributed by atoms with Crippen LogP contribution in [0.25, 0.3) is 0 Å². The predicted octanol–water partition coefficient (Wildman–Crippen LogP) is 2.05. The van der Waals surface area contributed by atoms with E-state index in [1.807, 2.05) is 6.92 Å². The first-order valence-corrected chi connectivity index (χ1v) is 7.21. The molecule has 5 nitrogen and oxygen atoms in total. The number of rotatable bonds is 7. The Morgan fingerprint density at radius 3 is 2.70 bits per heavy atom. The molecule has 0 aromatic rings. The van der Waals surface area contributed by atoms with E-state index >= 15 is 0 Å². The quantitative estimate of drug-likeness (QED) is 0.699. The van der Waals surface area contributed by atoms with Crippen molar-refractivity contribution in [3.8, 4) is 0 Å². The fraction of sp³-hybridized carbons (Fsp3) is 0.800. The lowest BCUT2D eigenvalue weighted by Crippen LogP contribution is -2.41. The van der Waals surface area contributed by atoms with Gasteiger partial charge in [0.2, 0.25) is 6.79 Å². The van der Waals surface area contributed by atoms with Gasteiger partial charge in [-0.1, -0.05) is 13.8 Å². The molecule has 1 fully saturated rings. The van der Waals surface area contributed by atoms with Gasteiger partial charge in [-0.25, -0.2) is 0 Å². The van der Waals surface area contributed by atoms with Crippen molar-refractivity contribution in [2.45, 2.75) is 52.7 Å². The zero-order chi connectivity index (χ0) is 15.3. The molecule has 2 N–H and O–H groups in total. The van der Waals surface area contributed by atoms with Crippen LogP contribution in [0.15, 0.2) is 0 Å². The van der Waals surface area contributed by atoms with Crippen LogP contribution in [-0.2, 0) is 14.3 Å². The van der Waals surface area contributed by atoms with Crippen LogP contribution in [-0.4, -0.2) is 28.1 Å². The highest BCUT2D eigenvalue weighted by atomic mass is 16.7. The Bertz CT molecular complexity index is 341. The summed E-state index contributed by atoms with van der Waals surface area (Å²) in [5.41, 5.74) is 0. The molecule has 1 aliphatic rings. The first-order valence-electron chi connectivity index (χ1n) is 7.21. The van der Waals surface area contributed by atoms with Crippen LogP contribution >= 0.6 is 0 Å². The molecule has 2 unspecified atom stereocenters. The van der Waals surface area contributed by atoms with Crippen LogP contribution in [0.2, 0.25) is 0 Å². The van der Waals surface area contributed by atoms with E-state index in [0.717, 1.165) is 6.42 Å². The molecule has 0 amide bonds. The number of aliphatic hydroxyl groups is 2.